The fraction of sp³-hybridized carbons (Fsp3) is 0.273. The minimum absolute atomic E-state index is 0.125. The molecule has 3 rings (SSSR count). The number of hydrogen-bond acceptors (Lipinski definition) is 6. The molecule has 2 unspecified atom stereocenters. The second-order valence-corrected chi connectivity index (χ2v) is 9.03. The Labute approximate surface area is 175 Å². The van der Waals surface area contributed by atoms with Gasteiger partial charge in [-0.25, -0.2) is 8.42 Å². The highest BCUT2D eigenvalue weighted by atomic mass is 32.2. The summed E-state index contributed by atoms with van der Waals surface area (Å²) in [5.74, 6) is -1.30. The van der Waals surface area contributed by atoms with Gasteiger partial charge in [-0.3, -0.25) is 9.59 Å². The Bertz CT molecular complexity index is 1060. The molecule has 2 atom stereocenters. The molecule has 0 saturated heterocycles. The van der Waals surface area contributed by atoms with Crippen LogP contribution in [0.25, 0.3) is 0 Å². The molecule has 1 heterocycles. The molecule has 0 aromatic heterocycles. The largest absolute Gasteiger partial charge is 0.495 e. The first-order valence-electron chi connectivity index (χ1n) is 9.38. The van der Waals surface area contributed by atoms with E-state index in [1.807, 2.05) is 13.0 Å². The van der Waals surface area contributed by atoms with Crippen molar-refractivity contribution in [1.29, 1.82) is 0 Å². The van der Waals surface area contributed by atoms with E-state index in [1.165, 1.54) is 13.2 Å². The van der Waals surface area contributed by atoms with Gasteiger partial charge < -0.3 is 14.8 Å². The maximum absolute atomic E-state index is 13.0. The molecular weight excluding hydrogens is 406 g/mol. The predicted molar refractivity (Wildman–Crippen MR) is 113 cm³/mol. The second-order valence-electron chi connectivity index (χ2n) is 7.10. The van der Waals surface area contributed by atoms with Crippen LogP contribution in [0.15, 0.2) is 60.0 Å². The monoisotopic (exact) mass is 429 g/mol. The average molecular weight is 429 g/mol. The number of hydrogen-bond donors (Lipinski definition) is 1. The number of methoxy groups -OCH3 is 1. The Balaban J connectivity index is 1.78. The minimum atomic E-state index is -3.27. The van der Waals surface area contributed by atoms with Gasteiger partial charge in [0.2, 0.25) is 6.10 Å². The average Bonchev–Trinajstić information content (AvgIpc) is 3.05. The van der Waals surface area contributed by atoms with Crippen LogP contribution in [0.5, 0.6) is 5.75 Å². The smallest absolute Gasteiger partial charge is 0.307 e. The third-order valence-electron chi connectivity index (χ3n) is 4.64. The number of anilines is 1. The van der Waals surface area contributed by atoms with Crippen molar-refractivity contribution in [3.8, 4) is 5.75 Å². The third-order valence-corrected chi connectivity index (χ3v) is 6.10. The maximum atomic E-state index is 13.0. The van der Waals surface area contributed by atoms with Crippen molar-refractivity contribution in [2.24, 2.45) is 5.92 Å². The molecule has 7 nitrogen and oxygen atoms in total. The molecular formula is C22H23NO6S. The molecule has 0 radical (unpaired) electrons. The van der Waals surface area contributed by atoms with Gasteiger partial charge in [0.25, 0.3) is 5.91 Å². The van der Waals surface area contributed by atoms with E-state index in [-0.39, 0.29) is 12.2 Å². The van der Waals surface area contributed by atoms with Gasteiger partial charge in [-0.05, 0) is 24.6 Å². The third kappa shape index (κ3) is 5.48. The molecule has 2 aromatic rings. The fourth-order valence-corrected chi connectivity index (χ4v) is 4.58. The zero-order valence-corrected chi connectivity index (χ0v) is 17.5. The molecule has 1 aliphatic heterocycles. The van der Waals surface area contributed by atoms with Crippen molar-refractivity contribution in [1.82, 2.24) is 0 Å². The Morgan fingerprint density at radius 2 is 1.90 bits per heavy atom. The topological polar surface area (TPSA) is 98.8 Å². The molecule has 30 heavy (non-hydrogen) atoms. The molecule has 158 valence electrons. The van der Waals surface area contributed by atoms with Crippen LogP contribution in [0.4, 0.5) is 5.69 Å². The molecule has 0 bridgehead atoms. The van der Waals surface area contributed by atoms with E-state index in [4.69, 9.17) is 9.47 Å². The van der Waals surface area contributed by atoms with E-state index >= 15 is 0 Å². The van der Waals surface area contributed by atoms with Gasteiger partial charge in [0, 0.05) is 16.9 Å². The van der Waals surface area contributed by atoms with Gasteiger partial charge in [0.15, 0.2) is 9.84 Å². The van der Waals surface area contributed by atoms with Crippen LogP contribution in [0.3, 0.4) is 0 Å². The van der Waals surface area contributed by atoms with Crippen molar-refractivity contribution in [3.63, 3.8) is 0 Å². The van der Waals surface area contributed by atoms with E-state index in [0.29, 0.717) is 17.0 Å². The number of benzene rings is 2. The summed E-state index contributed by atoms with van der Waals surface area (Å²) >= 11 is 0. The number of amides is 1. The van der Waals surface area contributed by atoms with Gasteiger partial charge in [-0.2, -0.15) is 0 Å². The summed E-state index contributed by atoms with van der Waals surface area (Å²) in [7, 11) is -1.77. The fourth-order valence-electron chi connectivity index (χ4n) is 3.18. The van der Waals surface area contributed by atoms with Crippen molar-refractivity contribution < 1.29 is 27.5 Å². The zero-order chi connectivity index (χ0) is 21.7. The Hall–Kier alpha value is -3.13. The van der Waals surface area contributed by atoms with E-state index in [2.05, 4.69) is 5.32 Å². The predicted octanol–water partition coefficient (Wildman–Crippen LogP) is 3.18. The van der Waals surface area contributed by atoms with E-state index in [1.54, 1.807) is 42.5 Å². The molecule has 2 aromatic carbocycles. The van der Waals surface area contributed by atoms with Gasteiger partial charge in [-0.1, -0.05) is 42.5 Å². The number of carbonyl (C=O) groups excluding carboxylic acids is 2. The maximum Gasteiger partial charge on any atom is 0.307 e. The minimum Gasteiger partial charge on any atom is -0.495 e. The molecule has 0 aliphatic carbocycles. The van der Waals surface area contributed by atoms with Crippen molar-refractivity contribution in [3.05, 3.63) is 71.1 Å². The normalized spacial score (nSPS) is 17.9. The van der Waals surface area contributed by atoms with Crippen LogP contribution in [-0.2, 0) is 24.2 Å². The molecule has 1 aliphatic rings. The van der Waals surface area contributed by atoms with Crippen LogP contribution in [-0.4, -0.2) is 33.2 Å². The van der Waals surface area contributed by atoms with Gasteiger partial charge >= 0.3 is 5.97 Å². The lowest BCUT2D eigenvalue weighted by molar-refractivity contribution is -0.155. The lowest BCUT2D eigenvalue weighted by atomic mass is 10.1. The summed E-state index contributed by atoms with van der Waals surface area (Å²) in [6.45, 7) is 1.88. The van der Waals surface area contributed by atoms with Gasteiger partial charge in [0.05, 0.1) is 25.0 Å². The number of aryl methyl sites for hydroxylation is 1. The number of esters is 1. The summed E-state index contributed by atoms with van der Waals surface area (Å²) in [4.78, 5) is 25.5. The number of carbonyl (C=O) groups is 2. The summed E-state index contributed by atoms with van der Waals surface area (Å²) in [5, 5.41) is 3.87. The number of sulfone groups is 1. The Kier molecular flexibility index (Phi) is 6.56. The Morgan fingerprint density at radius 1 is 1.17 bits per heavy atom. The summed E-state index contributed by atoms with van der Waals surface area (Å²) in [5.41, 5.74) is 1.89. The van der Waals surface area contributed by atoms with Crippen LogP contribution in [0, 0.1) is 12.8 Å². The molecule has 1 amide bonds. The van der Waals surface area contributed by atoms with Crippen LogP contribution in [0.2, 0.25) is 0 Å². The lowest BCUT2D eigenvalue weighted by Gasteiger charge is -2.20. The Morgan fingerprint density at radius 3 is 2.53 bits per heavy atom. The first-order valence-corrected chi connectivity index (χ1v) is 11.1. The van der Waals surface area contributed by atoms with E-state index in [0.717, 1.165) is 11.0 Å². The van der Waals surface area contributed by atoms with Crippen molar-refractivity contribution >= 4 is 27.4 Å². The van der Waals surface area contributed by atoms with Crippen LogP contribution in [0.1, 0.15) is 23.7 Å². The van der Waals surface area contributed by atoms with Gasteiger partial charge in [-0.15, -0.1) is 0 Å². The van der Waals surface area contributed by atoms with Crippen LogP contribution >= 0.6 is 0 Å². The second kappa shape index (κ2) is 9.13. The van der Waals surface area contributed by atoms with Crippen molar-refractivity contribution in [2.45, 2.75) is 19.4 Å². The molecule has 0 saturated carbocycles. The number of nitrogens with one attached hydrogen (secondary N) is 1. The zero-order valence-electron chi connectivity index (χ0n) is 16.7. The SMILES string of the molecule is COc1ccc(C)cc1NC(=O)C(OC(=O)CC1C=CS(=O)(=O)C1)c1ccccc1. The summed E-state index contributed by atoms with van der Waals surface area (Å²) in [6, 6.07) is 14.0. The number of ether oxygens (including phenoxy) is 2. The quantitative estimate of drug-likeness (QED) is 0.679. The first kappa shape index (κ1) is 21.6. The summed E-state index contributed by atoms with van der Waals surface area (Å²) in [6.07, 6.45) is 0.164. The number of rotatable bonds is 7. The highest BCUT2D eigenvalue weighted by molar-refractivity contribution is 7.94. The molecule has 0 fully saturated rings. The highest BCUT2D eigenvalue weighted by Crippen LogP contribution is 2.28. The molecule has 8 heteroatoms. The van der Waals surface area contributed by atoms with E-state index < -0.39 is 33.7 Å². The standard InChI is InChI=1S/C22H23NO6S/c1-15-8-9-19(28-2)18(12-15)23-22(25)21(17-6-4-3-5-7-17)29-20(24)13-16-10-11-30(26,27)14-16/h3-12,16,21H,13-14H2,1-2H3,(H,23,25). The lowest BCUT2D eigenvalue weighted by Crippen LogP contribution is -2.27. The van der Waals surface area contributed by atoms with E-state index in [9.17, 15) is 18.0 Å². The van der Waals surface area contributed by atoms with Gasteiger partial charge in [0.1, 0.15) is 5.75 Å². The number of allylic oxidation sites excluding steroid dienone is 1. The van der Waals surface area contributed by atoms with Crippen molar-refractivity contribution in [2.75, 3.05) is 18.2 Å². The summed E-state index contributed by atoms with van der Waals surface area (Å²) < 4.78 is 33.9. The highest BCUT2D eigenvalue weighted by Gasteiger charge is 2.29. The van der Waals surface area contributed by atoms with Crippen LogP contribution < -0.4 is 10.1 Å². The molecule has 0 spiro atoms. The first-order chi connectivity index (χ1) is 14.3. The molecule has 1 N–H and O–H groups in total.